The van der Waals surface area contributed by atoms with E-state index in [0.29, 0.717) is 5.92 Å². The molecule has 11 aromatic rings. The minimum atomic E-state index is -0.500. The van der Waals surface area contributed by atoms with Crippen molar-refractivity contribution in [2.75, 3.05) is 4.90 Å². The number of hydrogen-bond acceptors (Lipinski definition) is 1. The lowest BCUT2D eigenvalue weighted by atomic mass is 9.67. The molecule has 14 rings (SSSR count). The minimum Gasteiger partial charge on any atom is -0.313 e. The topological polar surface area (TPSA) is 8.17 Å². The molecular weight excluding hydrogens is 797 g/mol. The molecule has 0 radical (unpaired) electrons. The molecular formula is C64H44N2. The third-order valence-electron chi connectivity index (χ3n) is 15.1. The summed E-state index contributed by atoms with van der Waals surface area (Å²) < 4.78 is 2.53. The number of aromatic nitrogens is 1. The molecule has 2 heterocycles. The second-order valence-electron chi connectivity index (χ2n) is 18.4. The van der Waals surface area contributed by atoms with Crippen molar-refractivity contribution >= 4 is 54.7 Å². The number of nitrogens with zero attached hydrogens (tertiary/aromatic N) is 2. The molecule has 0 fully saturated rings. The Hall–Kier alpha value is -8.20. The van der Waals surface area contributed by atoms with E-state index in [0.717, 1.165) is 0 Å². The normalized spacial score (nSPS) is 16.7. The van der Waals surface area contributed by atoms with E-state index in [1.54, 1.807) is 0 Å². The molecule has 0 saturated carbocycles. The van der Waals surface area contributed by atoms with E-state index in [9.17, 15) is 0 Å². The van der Waals surface area contributed by atoms with Crippen LogP contribution in [0.25, 0.3) is 71.3 Å². The van der Waals surface area contributed by atoms with E-state index in [-0.39, 0.29) is 5.92 Å². The van der Waals surface area contributed by atoms with Crippen LogP contribution < -0.4 is 4.90 Å². The Morgan fingerprint density at radius 1 is 0.455 bits per heavy atom. The van der Waals surface area contributed by atoms with Crippen LogP contribution in [0.5, 0.6) is 0 Å². The van der Waals surface area contributed by atoms with Crippen molar-refractivity contribution in [3.8, 4) is 27.9 Å². The van der Waals surface area contributed by atoms with Crippen LogP contribution in [0.4, 0.5) is 11.4 Å². The quantitative estimate of drug-likeness (QED) is 0.168. The predicted molar refractivity (Wildman–Crippen MR) is 276 cm³/mol. The zero-order valence-corrected chi connectivity index (χ0v) is 36.6. The van der Waals surface area contributed by atoms with Gasteiger partial charge in [0.15, 0.2) is 0 Å². The van der Waals surface area contributed by atoms with E-state index < -0.39 is 5.41 Å². The van der Waals surface area contributed by atoms with E-state index in [4.69, 9.17) is 0 Å². The van der Waals surface area contributed by atoms with Gasteiger partial charge < -0.3 is 9.47 Å². The fourth-order valence-corrected chi connectivity index (χ4v) is 12.4. The Kier molecular flexibility index (Phi) is 7.98. The fourth-order valence-electron chi connectivity index (χ4n) is 12.4. The highest BCUT2D eigenvalue weighted by atomic mass is 15.2. The van der Waals surface area contributed by atoms with Gasteiger partial charge >= 0.3 is 0 Å². The minimum absolute atomic E-state index is 0.254. The SMILES string of the molecule is CC1C=CC=C2C1c1cc(-c3ccc4c(c3)c3c5c(ccc3n4-c3cccc4ccccc34)C(c3ccccc3)(c3ccccc3)c3ccccc3-5)ccc1N2c1cccc2ccccc12. The first-order chi connectivity index (χ1) is 32.7. The summed E-state index contributed by atoms with van der Waals surface area (Å²) >= 11 is 0. The second-order valence-corrected chi connectivity index (χ2v) is 18.4. The molecule has 0 N–H and O–H groups in total. The fraction of sp³-hybridized carbons (Fsp3) is 0.0625. The van der Waals surface area contributed by atoms with Gasteiger partial charge in [-0.15, -0.1) is 0 Å². The number of allylic oxidation sites excluding steroid dienone is 4. The highest BCUT2D eigenvalue weighted by molar-refractivity contribution is 6.20. The van der Waals surface area contributed by atoms with Gasteiger partial charge in [0.25, 0.3) is 0 Å². The largest absolute Gasteiger partial charge is 0.313 e. The predicted octanol–water partition coefficient (Wildman–Crippen LogP) is 16.4. The molecule has 2 unspecified atom stereocenters. The summed E-state index contributed by atoms with van der Waals surface area (Å²) in [6, 6.07) is 81.8. The first kappa shape index (κ1) is 37.2. The van der Waals surface area contributed by atoms with Crippen LogP contribution in [0.3, 0.4) is 0 Å². The molecule has 3 aliphatic rings. The average Bonchev–Trinajstić information content (AvgIpc) is 4.00. The highest BCUT2D eigenvalue weighted by Crippen LogP contribution is 2.59. The second kappa shape index (κ2) is 14.1. The Bertz CT molecular complexity index is 3800. The Labute approximate surface area is 384 Å². The zero-order valence-electron chi connectivity index (χ0n) is 36.6. The zero-order chi connectivity index (χ0) is 43.5. The molecule has 1 aromatic heterocycles. The third-order valence-corrected chi connectivity index (χ3v) is 15.1. The molecule has 2 heteroatoms. The van der Waals surface area contributed by atoms with Crippen molar-refractivity contribution < 1.29 is 0 Å². The Morgan fingerprint density at radius 3 is 1.82 bits per heavy atom. The standard InChI is InChI=1S/C64H44N2/c1-41-17-14-32-59-61(41)51-39-44(33-36-57(51)65(59)55-30-15-20-42-18-8-10-26-48(42)55)45-34-37-58-52(40-45)63-60(66(58)56-31-16-21-43-19-9-11-27-49(43)56)38-35-54-62(63)50-28-12-13-29-53(50)64(54,46-22-4-2-5-23-46)47-24-6-3-7-25-47/h2-41,61H,1H3. The van der Waals surface area contributed by atoms with Gasteiger partial charge in [0.2, 0.25) is 0 Å². The van der Waals surface area contributed by atoms with Gasteiger partial charge in [-0.2, -0.15) is 0 Å². The number of rotatable bonds is 5. The molecule has 310 valence electrons. The lowest BCUT2D eigenvalue weighted by Gasteiger charge is -2.33. The lowest BCUT2D eigenvalue weighted by molar-refractivity contribution is 0.619. The summed E-state index contributed by atoms with van der Waals surface area (Å²) in [5.74, 6) is 0.613. The van der Waals surface area contributed by atoms with Gasteiger partial charge in [0.1, 0.15) is 0 Å². The van der Waals surface area contributed by atoms with Crippen molar-refractivity contribution in [2.24, 2.45) is 5.92 Å². The summed E-state index contributed by atoms with van der Waals surface area (Å²) in [7, 11) is 0. The van der Waals surface area contributed by atoms with Crippen LogP contribution >= 0.6 is 0 Å². The van der Waals surface area contributed by atoms with Gasteiger partial charge in [-0.3, -0.25) is 0 Å². The van der Waals surface area contributed by atoms with Gasteiger partial charge in [-0.05, 0) is 115 Å². The Morgan fingerprint density at radius 2 is 1.06 bits per heavy atom. The van der Waals surface area contributed by atoms with Crippen LogP contribution in [-0.2, 0) is 5.41 Å². The van der Waals surface area contributed by atoms with E-state index in [1.165, 1.54) is 116 Å². The van der Waals surface area contributed by atoms with Crippen molar-refractivity contribution in [1.29, 1.82) is 0 Å². The first-order valence-corrected chi connectivity index (χ1v) is 23.3. The van der Waals surface area contributed by atoms with Gasteiger partial charge in [0.05, 0.1) is 27.8 Å². The molecule has 2 aliphatic carbocycles. The monoisotopic (exact) mass is 840 g/mol. The summed E-state index contributed by atoms with van der Waals surface area (Å²) in [4.78, 5) is 2.53. The molecule has 0 bridgehead atoms. The summed E-state index contributed by atoms with van der Waals surface area (Å²) in [5.41, 5.74) is 18.6. The van der Waals surface area contributed by atoms with Gasteiger partial charge in [-0.25, -0.2) is 0 Å². The molecule has 66 heavy (non-hydrogen) atoms. The smallest absolute Gasteiger partial charge is 0.0713 e. The molecule has 0 spiro atoms. The molecule has 10 aromatic carbocycles. The average molecular weight is 841 g/mol. The number of anilines is 2. The van der Waals surface area contributed by atoms with Crippen LogP contribution in [0, 0.1) is 5.92 Å². The van der Waals surface area contributed by atoms with Crippen molar-refractivity contribution in [1.82, 2.24) is 4.57 Å². The molecule has 0 saturated heterocycles. The van der Waals surface area contributed by atoms with Gasteiger partial charge in [-0.1, -0.05) is 195 Å². The molecule has 0 amide bonds. The highest BCUT2D eigenvalue weighted by Gasteiger charge is 2.47. The molecule has 2 atom stereocenters. The Balaban J connectivity index is 1.05. The van der Waals surface area contributed by atoms with Crippen molar-refractivity contribution in [3.05, 3.63) is 270 Å². The number of hydrogen-bond donors (Lipinski definition) is 0. The summed E-state index contributed by atoms with van der Waals surface area (Å²) in [6.07, 6.45) is 6.96. The van der Waals surface area contributed by atoms with Crippen molar-refractivity contribution in [3.63, 3.8) is 0 Å². The van der Waals surface area contributed by atoms with Crippen molar-refractivity contribution in [2.45, 2.75) is 18.3 Å². The van der Waals surface area contributed by atoms with Crippen LogP contribution in [0.1, 0.15) is 40.7 Å². The summed E-state index contributed by atoms with van der Waals surface area (Å²) in [5, 5.41) is 7.54. The van der Waals surface area contributed by atoms with Crippen LogP contribution in [-0.4, -0.2) is 4.57 Å². The lowest BCUT2D eigenvalue weighted by Crippen LogP contribution is -2.28. The maximum absolute atomic E-state index is 2.53. The van der Waals surface area contributed by atoms with Crippen LogP contribution in [0.15, 0.2) is 242 Å². The molecule has 1 aliphatic heterocycles. The van der Waals surface area contributed by atoms with Gasteiger partial charge in [0, 0.05) is 38.8 Å². The van der Waals surface area contributed by atoms with Crippen LogP contribution in [0.2, 0.25) is 0 Å². The first-order valence-electron chi connectivity index (χ1n) is 23.3. The third kappa shape index (κ3) is 5.07. The number of benzene rings is 10. The maximum Gasteiger partial charge on any atom is 0.0713 e. The van der Waals surface area contributed by atoms with E-state index in [2.05, 4.69) is 253 Å². The molecule has 2 nitrogen and oxygen atoms in total. The van der Waals surface area contributed by atoms with E-state index >= 15 is 0 Å². The van der Waals surface area contributed by atoms with E-state index in [1.807, 2.05) is 0 Å². The summed E-state index contributed by atoms with van der Waals surface area (Å²) in [6.45, 7) is 2.37. The number of fused-ring (bicyclic) bond motifs is 12. The maximum atomic E-state index is 2.53.